The number of ether oxygens (including phenoxy) is 1. The quantitative estimate of drug-likeness (QED) is 0.817. The summed E-state index contributed by atoms with van der Waals surface area (Å²) in [7, 11) is 1.37. The van der Waals surface area contributed by atoms with Gasteiger partial charge in [0.05, 0.1) is 12.0 Å². The fraction of sp³-hybridized carbons (Fsp3) is 0.571. The molecular formula is C14H20N2O3S. The lowest BCUT2D eigenvalue weighted by atomic mass is 10.2. The molecule has 1 aliphatic rings. The van der Waals surface area contributed by atoms with Crippen LogP contribution in [-0.4, -0.2) is 49.6 Å². The number of Topliss-reactive ketones (excluding diaryl/α,β-unsaturated/α-hetero) is 1. The molecule has 1 amide bonds. The minimum Gasteiger partial charge on any atom is -0.453 e. The molecule has 1 N–H and O–H groups in total. The standard InChI is InChI=1S/C14H20N2O3S/c1-19-14(18)15-11-6-8-16(10-11)7-2-4-12(17)13-5-3-9-20-13/h3,5,9,11H,2,4,6-8,10H2,1H3,(H,15,18). The van der Waals surface area contributed by atoms with E-state index in [1.54, 1.807) is 0 Å². The molecule has 0 aliphatic carbocycles. The molecule has 5 nitrogen and oxygen atoms in total. The second kappa shape index (κ2) is 7.40. The predicted molar refractivity (Wildman–Crippen MR) is 78.3 cm³/mol. The van der Waals surface area contributed by atoms with Crippen LogP contribution in [0.25, 0.3) is 0 Å². The topological polar surface area (TPSA) is 58.6 Å². The molecule has 0 radical (unpaired) electrons. The summed E-state index contributed by atoms with van der Waals surface area (Å²) in [5.41, 5.74) is 0. The second-order valence-corrected chi connectivity index (χ2v) is 5.87. The molecular weight excluding hydrogens is 276 g/mol. The van der Waals surface area contributed by atoms with Gasteiger partial charge in [-0.3, -0.25) is 4.79 Å². The zero-order valence-electron chi connectivity index (χ0n) is 11.6. The fourth-order valence-corrected chi connectivity index (χ4v) is 3.10. The monoisotopic (exact) mass is 296 g/mol. The summed E-state index contributed by atoms with van der Waals surface area (Å²) in [4.78, 5) is 26.1. The van der Waals surface area contributed by atoms with Crippen molar-refractivity contribution in [3.63, 3.8) is 0 Å². The van der Waals surface area contributed by atoms with Gasteiger partial charge in [0.25, 0.3) is 0 Å². The van der Waals surface area contributed by atoms with E-state index in [4.69, 9.17) is 0 Å². The zero-order valence-corrected chi connectivity index (χ0v) is 12.4. The first-order chi connectivity index (χ1) is 9.69. The normalized spacial score (nSPS) is 18.9. The highest BCUT2D eigenvalue weighted by Gasteiger charge is 2.23. The first kappa shape index (κ1) is 15.0. The van der Waals surface area contributed by atoms with E-state index in [2.05, 4.69) is 15.0 Å². The molecule has 1 unspecified atom stereocenters. The van der Waals surface area contributed by atoms with E-state index in [1.165, 1.54) is 18.4 Å². The van der Waals surface area contributed by atoms with Crippen LogP contribution in [0.15, 0.2) is 17.5 Å². The molecule has 6 heteroatoms. The zero-order chi connectivity index (χ0) is 14.4. The number of hydrogen-bond donors (Lipinski definition) is 1. The Hall–Kier alpha value is -1.40. The van der Waals surface area contributed by atoms with Crippen molar-refractivity contribution in [1.29, 1.82) is 0 Å². The van der Waals surface area contributed by atoms with E-state index in [0.29, 0.717) is 6.42 Å². The maximum Gasteiger partial charge on any atom is 0.407 e. The van der Waals surface area contributed by atoms with Gasteiger partial charge >= 0.3 is 6.09 Å². The van der Waals surface area contributed by atoms with Crippen LogP contribution >= 0.6 is 11.3 Å². The first-order valence-corrected chi connectivity index (χ1v) is 7.70. The summed E-state index contributed by atoms with van der Waals surface area (Å²) in [5, 5.41) is 4.74. The van der Waals surface area contributed by atoms with Crippen LogP contribution < -0.4 is 5.32 Å². The lowest BCUT2D eigenvalue weighted by Gasteiger charge is -2.15. The Labute approximate surface area is 122 Å². The first-order valence-electron chi connectivity index (χ1n) is 6.82. The van der Waals surface area contributed by atoms with Gasteiger partial charge in [0, 0.05) is 25.6 Å². The van der Waals surface area contributed by atoms with Gasteiger partial charge in [0.15, 0.2) is 5.78 Å². The highest BCUT2D eigenvalue weighted by atomic mass is 32.1. The minimum absolute atomic E-state index is 0.162. The maximum atomic E-state index is 11.8. The molecule has 1 saturated heterocycles. The maximum absolute atomic E-state index is 11.8. The summed E-state index contributed by atoms with van der Waals surface area (Å²) < 4.78 is 4.59. The Morgan fingerprint density at radius 3 is 3.10 bits per heavy atom. The van der Waals surface area contributed by atoms with Crippen molar-refractivity contribution in [2.75, 3.05) is 26.7 Å². The van der Waals surface area contributed by atoms with Crippen LogP contribution in [-0.2, 0) is 4.74 Å². The van der Waals surface area contributed by atoms with E-state index in [1.807, 2.05) is 17.5 Å². The van der Waals surface area contributed by atoms with E-state index in [0.717, 1.165) is 37.4 Å². The molecule has 1 aromatic heterocycles. The van der Waals surface area contributed by atoms with Crippen LogP contribution in [0.3, 0.4) is 0 Å². The minimum atomic E-state index is -0.371. The predicted octanol–water partition coefficient (Wildman–Crippen LogP) is 2.14. The van der Waals surface area contributed by atoms with Gasteiger partial charge in [0.2, 0.25) is 0 Å². The number of carbonyl (C=O) groups excluding carboxylic acids is 2. The number of nitrogens with zero attached hydrogens (tertiary/aromatic N) is 1. The molecule has 1 fully saturated rings. The van der Waals surface area contributed by atoms with Gasteiger partial charge in [0.1, 0.15) is 0 Å². The largest absolute Gasteiger partial charge is 0.453 e. The Bertz CT molecular complexity index is 447. The summed E-state index contributed by atoms with van der Waals surface area (Å²) in [6, 6.07) is 3.94. The number of nitrogens with one attached hydrogen (secondary N) is 1. The molecule has 1 atom stereocenters. The highest BCUT2D eigenvalue weighted by Crippen LogP contribution is 2.14. The SMILES string of the molecule is COC(=O)NC1CCN(CCCC(=O)c2cccs2)C1. The number of alkyl carbamates (subject to hydrolysis) is 1. The van der Waals surface area contributed by atoms with Gasteiger partial charge in [-0.05, 0) is 30.8 Å². The van der Waals surface area contributed by atoms with Gasteiger partial charge in [-0.2, -0.15) is 0 Å². The molecule has 0 bridgehead atoms. The Kier molecular flexibility index (Phi) is 5.55. The van der Waals surface area contributed by atoms with Crippen molar-refractivity contribution < 1.29 is 14.3 Å². The third kappa shape index (κ3) is 4.31. The molecule has 0 saturated carbocycles. The molecule has 1 aromatic rings. The number of rotatable bonds is 6. The number of methoxy groups -OCH3 is 1. The van der Waals surface area contributed by atoms with Crippen molar-refractivity contribution in [3.05, 3.63) is 22.4 Å². The van der Waals surface area contributed by atoms with Gasteiger partial charge < -0.3 is 15.0 Å². The van der Waals surface area contributed by atoms with Crippen LogP contribution in [0.1, 0.15) is 28.9 Å². The number of likely N-dealkylation sites (tertiary alicyclic amines) is 1. The molecule has 0 aromatic carbocycles. The van der Waals surface area contributed by atoms with Crippen LogP contribution in [0.2, 0.25) is 0 Å². The number of thiophene rings is 1. The average molecular weight is 296 g/mol. The van der Waals surface area contributed by atoms with Crippen molar-refractivity contribution in [2.24, 2.45) is 0 Å². The van der Waals surface area contributed by atoms with E-state index >= 15 is 0 Å². The van der Waals surface area contributed by atoms with E-state index < -0.39 is 0 Å². The van der Waals surface area contributed by atoms with Gasteiger partial charge in [-0.25, -0.2) is 4.79 Å². The smallest absolute Gasteiger partial charge is 0.407 e. The average Bonchev–Trinajstić information content (AvgIpc) is 3.10. The summed E-state index contributed by atoms with van der Waals surface area (Å²) in [6.07, 6.45) is 2.02. The molecule has 110 valence electrons. The van der Waals surface area contributed by atoms with Gasteiger partial charge in [-0.15, -0.1) is 11.3 Å². The van der Waals surface area contributed by atoms with Crippen LogP contribution in [0.5, 0.6) is 0 Å². The van der Waals surface area contributed by atoms with E-state index in [-0.39, 0.29) is 17.9 Å². The molecule has 20 heavy (non-hydrogen) atoms. The molecule has 1 aliphatic heterocycles. The van der Waals surface area contributed by atoms with Crippen LogP contribution in [0.4, 0.5) is 4.79 Å². The van der Waals surface area contributed by atoms with E-state index in [9.17, 15) is 9.59 Å². The summed E-state index contributed by atoms with van der Waals surface area (Å²) >= 11 is 1.50. The van der Waals surface area contributed by atoms with Crippen molar-refractivity contribution in [3.8, 4) is 0 Å². The second-order valence-electron chi connectivity index (χ2n) is 4.93. The lowest BCUT2D eigenvalue weighted by molar-refractivity contribution is 0.0980. The molecule has 0 spiro atoms. The lowest BCUT2D eigenvalue weighted by Crippen LogP contribution is -2.37. The fourth-order valence-electron chi connectivity index (χ4n) is 2.40. The number of ketones is 1. The Morgan fingerprint density at radius 1 is 1.55 bits per heavy atom. The third-order valence-corrected chi connectivity index (χ3v) is 4.36. The molecule has 2 heterocycles. The van der Waals surface area contributed by atoms with Crippen molar-refractivity contribution in [2.45, 2.75) is 25.3 Å². The van der Waals surface area contributed by atoms with Crippen molar-refractivity contribution in [1.82, 2.24) is 10.2 Å². The van der Waals surface area contributed by atoms with Crippen LogP contribution in [0, 0.1) is 0 Å². The highest BCUT2D eigenvalue weighted by molar-refractivity contribution is 7.12. The number of hydrogen-bond acceptors (Lipinski definition) is 5. The Balaban J connectivity index is 1.63. The summed E-state index contributed by atoms with van der Waals surface area (Å²) in [6.45, 7) is 2.70. The Morgan fingerprint density at radius 2 is 2.40 bits per heavy atom. The number of amides is 1. The molecule has 2 rings (SSSR count). The van der Waals surface area contributed by atoms with Gasteiger partial charge in [-0.1, -0.05) is 6.07 Å². The third-order valence-electron chi connectivity index (χ3n) is 3.45. The summed E-state index contributed by atoms with van der Waals surface area (Å²) in [5.74, 6) is 0.225. The van der Waals surface area contributed by atoms with Crippen molar-refractivity contribution >= 4 is 23.2 Å². The number of carbonyl (C=O) groups is 2.